The van der Waals surface area contributed by atoms with Crippen LogP contribution in [0.25, 0.3) is 0 Å². The molecule has 0 fully saturated rings. The third-order valence-electron chi connectivity index (χ3n) is 4.07. The summed E-state index contributed by atoms with van der Waals surface area (Å²) in [6.45, 7) is 5.35. The number of rotatable bonds is 8. The Morgan fingerprint density at radius 2 is 1.64 bits per heavy atom. The van der Waals surface area contributed by atoms with Crippen LogP contribution in [0.2, 0.25) is 0 Å². The lowest BCUT2D eigenvalue weighted by Crippen LogP contribution is -2.38. The van der Waals surface area contributed by atoms with Gasteiger partial charge in [-0.3, -0.25) is 0 Å². The van der Waals surface area contributed by atoms with Crippen LogP contribution >= 0.6 is 0 Å². The Hall–Kier alpha value is -2.33. The molecule has 2 aromatic carbocycles. The van der Waals surface area contributed by atoms with Gasteiger partial charge in [0.2, 0.25) is 0 Å². The van der Waals surface area contributed by atoms with Crippen molar-refractivity contribution in [2.45, 2.75) is 39.5 Å². The summed E-state index contributed by atoms with van der Waals surface area (Å²) in [6, 6.07) is 17.9. The molecule has 0 saturated carbocycles. The molecule has 0 bridgehead atoms. The molecule has 0 spiro atoms. The molecule has 1 unspecified atom stereocenters. The van der Waals surface area contributed by atoms with Gasteiger partial charge in [0.25, 0.3) is 0 Å². The van der Waals surface area contributed by atoms with Crippen LogP contribution in [0.5, 0.6) is 0 Å². The molecule has 2 N–H and O–H groups in total. The third-order valence-corrected chi connectivity index (χ3v) is 4.07. The lowest BCUT2D eigenvalue weighted by molar-refractivity contribution is 0.184. The molecule has 0 radical (unpaired) electrons. The van der Waals surface area contributed by atoms with E-state index < -0.39 is 0 Å². The number of benzene rings is 2. The molecule has 0 aliphatic heterocycles. The van der Waals surface area contributed by atoms with E-state index in [0.29, 0.717) is 19.1 Å². The number of urea groups is 1. The van der Waals surface area contributed by atoms with E-state index in [1.807, 2.05) is 42.5 Å². The highest BCUT2D eigenvalue weighted by atomic mass is 16.5. The quantitative estimate of drug-likeness (QED) is 0.747. The fourth-order valence-corrected chi connectivity index (χ4v) is 2.85. The normalized spacial score (nSPS) is 12.0. The summed E-state index contributed by atoms with van der Waals surface area (Å²) in [7, 11) is 1.67. The average Bonchev–Trinajstić information content (AvgIpc) is 2.61. The highest BCUT2D eigenvalue weighted by Crippen LogP contribution is 2.21. The minimum Gasteiger partial charge on any atom is -0.380 e. The molecular weight excluding hydrogens is 312 g/mol. The van der Waals surface area contributed by atoms with Gasteiger partial charge in [-0.25, -0.2) is 4.79 Å². The fourth-order valence-electron chi connectivity index (χ4n) is 2.85. The number of nitrogens with one attached hydrogen (secondary N) is 2. The molecule has 0 heterocycles. The first-order chi connectivity index (χ1) is 12.1. The summed E-state index contributed by atoms with van der Waals surface area (Å²) in [4.78, 5) is 12.4. The average molecular weight is 340 g/mol. The van der Waals surface area contributed by atoms with Crippen LogP contribution in [0.3, 0.4) is 0 Å². The van der Waals surface area contributed by atoms with Crippen molar-refractivity contribution in [2.24, 2.45) is 5.92 Å². The number of hydrogen-bond acceptors (Lipinski definition) is 2. The highest BCUT2D eigenvalue weighted by molar-refractivity contribution is 5.74. The van der Waals surface area contributed by atoms with E-state index in [-0.39, 0.29) is 12.1 Å². The van der Waals surface area contributed by atoms with Crippen molar-refractivity contribution >= 4 is 6.03 Å². The monoisotopic (exact) mass is 340 g/mol. The van der Waals surface area contributed by atoms with Gasteiger partial charge in [0.1, 0.15) is 0 Å². The first-order valence-corrected chi connectivity index (χ1v) is 8.75. The van der Waals surface area contributed by atoms with Crippen LogP contribution in [0.1, 0.15) is 43.0 Å². The summed E-state index contributed by atoms with van der Waals surface area (Å²) in [5.74, 6) is 0.493. The maximum atomic E-state index is 12.4. The number of amides is 2. The van der Waals surface area contributed by atoms with E-state index in [2.05, 4.69) is 36.6 Å². The van der Waals surface area contributed by atoms with Crippen LogP contribution in [-0.4, -0.2) is 13.1 Å². The van der Waals surface area contributed by atoms with E-state index in [9.17, 15) is 4.79 Å². The number of carbonyl (C=O) groups excluding carboxylic acids is 1. The molecule has 4 heteroatoms. The number of carbonyl (C=O) groups is 1. The molecule has 0 aliphatic carbocycles. The third kappa shape index (κ3) is 6.24. The Balaban J connectivity index is 1.97. The molecule has 2 rings (SSSR count). The SMILES string of the molecule is COCc1ccccc1CNC(=O)NC(CC(C)C)c1ccccc1. The Bertz CT molecular complexity index is 656. The van der Waals surface area contributed by atoms with E-state index >= 15 is 0 Å². The van der Waals surface area contributed by atoms with Crippen LogP contribution in [-0.2, 0) is 17.9 Å². The van der Waals surface area contributed by atoms with Crippen molar-refractivity contribution in [3.8, 4) is 0 Å². The van der Waals surface area contributed by atoms with E-state index in [1.54, 1.807) is 7.11 Å². The van der Waals surface area contributed by atoms with Crippen LogP contribution in [0.15, 0.2) is 54.6 Å². The zero-order chi connectivity index (χ0) is 18.1. The van der Waals surface area contributed by atoms with Crippen molar-refractivity contribution in [3.63, 3.8) is 0 Å². The van der Waals surface area contributed by atoms with Gasteiger partial charge >= 0.3 is 6.03 Å². The standard InChI is InChI=1S/C21H28N2O2/c1-16(2)13-20(17-9-5-4-6-10-17)23-21(24)22-14-18-11-7-8-12-19(18)15-25-3/h4-12,16,20H,13-15H2,1-3H3,(H2,22,23,24). The molecule has 2 aromatic rings. The van der Waals surface area contributed by atoms with E-state index in [0.717, 1.165) is 23.1 Å². The molecule has 0 aliphatic rings. The van der Waals surface area contributed by atoms with Crippen molar-refractivity contribution in [1.82, 2.24) is 10.6 Å². The van der Waals surface area contributed by atoms with Crippen LogP contribution in [0, 0.1) is 5.92 Å². The molecule has 4 nitrogen and oxygen atoms in total. The number of ether oxygens (including phenoxy) is 1. The molecular formula is C21H28N2O2. The largest absolute Gasteiger partial charge is 0.380 e. The van der Waals surface area contributed by atoms with Gasteiger partial charge in [0.05, 0.1) is 12.6 Å². The second-order valence-electron chi connectivity index (χ2n) is 6.62. The first kappa shape index (κ1) is 19.0. The topological polar surface area (TPSA) is 50.4 Å². The number of hydrogen-bond donors (Lipinski definition) is 2. The van der Waals surface area contributed by atoms with Gasteiger partial charge in [0, 0.05) is 13.7 Å². The second-order valence-corrected chi connectivity index (χ2v) is 6.62. The molecule has 25 heavy (non-hydrogen) atoms. The molecule has 2 amide bonds. The summed E-state index contributed by atoms with van der Waals surface area (Å²) < 4.78 is 5.21. The molecule has 134 valence electrons. The van der Waals surface area contributed by atoms with Gasteiger partial charge in [0.15, 0.2) is 0 Å². The summed E-state index contributed by atoms with van der Waals surface area (Å²) >= 11 is 0. The summed E-state index contributed by atoms with van der Waals surface area (Å²) in [5.41, 5.74) is 3.29. The highest BCUT2D eigenvalue weighted by Gasteiger charge is 2.16. The van der Waals surface area contributed by atoms with Crippen molar-refractivity contribution < 1.29 is 9.53 Å². The predicted molar refractivity (Wildman–Crippen MR) is 101 cm³/mol. The van der Waals surface area contributed by atoms with Crippen molar-refractivity contribution in [2.75, 3.05) is 7.11 Å². The van der Waals surface area contributed by atoms with Crippen LogP contribution < -0.4 is 10.6 Å². The van der Waals surface area contributed by atoms with Crippen LogP contribution in [0.4, 0.5) is 4.79 Å². The minimum atomic E-state index is -0.151. The van der Waals surface area contributed by atoms with Crippen molar-refractivity contribution in [1.29, 1.82) is 0 Å². The van der Waals surface area contributed by atoms with Gasteiger partial charge in [-0.05, 0) is 29.0 Å². The summed E-state index contributed by atoms with van der Waals surface area (Å²) in [6.07, 6.45) is 0.900. The lowest BCUT2D eigenvalue weighted by atomic mass is 9.97. The first-order valence-electron chi connectivity index (χ1n) is 8.75. The second kappa shape index (κ2) is 9.84. The van der Waals surface area contributed by atoms with Crippen molar-refractivity contribution in [3.05, 3.63) is 71.3 Å². The van der Waals surface area contributed by atoms with Gasteiger partial charge in [-0.1, -0.05) is 68.4 Å². The summed E-state index contributed by atoms with van der Waals surface area (Å²) in [5, 5.41) is 6.07. The Kier molecular flexibility index (Phi) is 7.48. The Labute approximate surface area is 150 Å². The predicted octanol–water partition coefficient (Wildman–Crippen LogP) is 4.42. The van der Waals surface area contributed by atoms with E-state index in [1.165, 1.54) is 0 Å². The van der Waals surface area contributed by atoms with Gasteiger partial charge in [-0.2, -0.15) is 0 Å². The van der Waals surface area contributed by atoms with E-state index in [4.69, 9.17) is 4.74 Å². The molecule has 0 aromatic heterocycles. The van der Waals surface area contributed by atoms with Gasteiger partial charge < -0.3 is 15.4 Å². The Morgan fingerprint density at radius 1 is 1.00 bits per heavy atom. The molecule has 0 saturated heterocycles. The minimum absolute atomic E-state index is 0.00965. The fraction of sp³-hybridized carbons (Fsp3) is 0.381. The number of methoxy groups -OCH3 is 1. The van der Waals surface area contributed by atoms with Gasteiger partial charge in [-0.15, -0.1) is 0 Å². The maximum Gasteiger partial charge on any atom is 0.315 e. The maximum absolute atomic E-state index is 12.4. The smallest absolute Gasteiger partial charge is 0.315 e. The lowest BCUT2D eigenvalue weighted by Gasteiger charge is -2.21. The Morgan fingerprint density at radius 3 is 2.28 bits per heavy atom. The zero-order valence-corrected chi connectivity index (χ0v) is 15.3. The zero-order valence-electron chi connectivity index (χ0n) is 15.3. The molecule has 1 atom stereocenters.